The van der Waals surface area contributed by atoms with E-state index in [1.54, 1.807) is 4.90 Å². The number of nitrogens with zero attached hydrogens (tertiary/aromatic N) is 1. The van der Waals surface area contributed by atoms with Crippen molar-refractivity contribution < 1.29 is 9.90 Å². The number of benzene rings is 1. The number of hydrogen-bond acceptors (Lipinski definition) is 2. The molecule has 0 saturated carbocycles. The van der Waals surface area contributed by atoms with Crippen LogP contribution in [0.3, 0.4) is 0 Å². The summed E-state index contributed by atoms with van der Waals surface area (Å²) >= 11 is 3.44. The topological polar surface area (TPSA) is 40.5 Å². The first-order chi connectivity index (χ1) is 9.04. The Kier molecular flexibility index (Phi) is 6.52. The van der Waals surface area contributed by atoms with Crippen molar-refractivity contribution in [3.63, 3.8) is 0 Å². The minimum Gasteiger partial charge on any atom is -0.395 e. The third-order valence-electron chi connectivity index (χ3n) is 3.39. The fourth-order valence-corrected chi connectivity index (χ4v) is 2.48. The predicted molar refractivity (Wildman–Crippen MR) is 81.4 cm³/mol. The number of carbonyl (C=O) groups excluding carboxylic acids is 1. The second kappa shape index (κ2) is 7.65. The van der Waals surface area contributed by atoms with E-state index in [4.69, 9.17) is 5.11 Å². The van der Waals surface area contributed by atoms with Gasteiger partial charge in [0.25, 0.3) is 5.91 Å². The third kappa shape index (κ3) is 4.05. The van der Waals surface area contributed by atoms with Crippen molar-refractivity contribution in [3.05, 3.63) is 33.8 Å². The molecule has 0 fully saturated rings. The number of aryl methyl sites for hydroxylation is 1. The Hall–Kier alpha value is -0.870. The monoisotopic (exact) mass is 327 g/mol. The van der Waals surface area contributed by atoms with Crippen LogP contribution in [0.5, 0.6) is 0 Å². The van der Waals surface area contributed by atoms with Crippen LogP contribution in [0.15, 0.2) is 22.7 Å². The highest BCUT2D eigenvalue weighted by Gasteiger charge is 2.22. The summed E-state index contributed by atoms with van der Waals surface area (Å²) in [4.78, 5) is 14.3. The molecule has 0 aliphatic heterocycles. The number of hydrogen-bond donors (Lipinski definition) is 1. The molecule has 0 saturated heterocycles. The van der Waals surface area contributed by atoms with Crippen LogP contribution >= 0.6 is 15.9 Å². The van der Waals surface area contributed by atoms with Gasteiger partial charge in [0.15, 0.2) is 0 Å². The highest BCUT2D eigenvalue weighted by molar-refractivity contribution is 9.10. The normalized spacial score (nSPS) is 10.8. The van der Waals surface area contributed by atoms with Crippen LogP contribution in [0.1, 0.15) is 42.6 Å². The Morgan fingerprint density at radius 1 is 1.37 bits per heavy atom. The summed E-state index contributed by atoms with van der Waals surface area (Å²) in [6.45, 7) is 6.49. The van der Waals surface area contributed by atoms with Crippen molar-refractivity contribution in [2.75, 3.05) is 13.2 Å². The lowest BCUT2D eigenvalue weighted by atomic mass is 10.1. The van der Waals surface area contributed by atoms with Crippen molar-refractivity contribution in [1.29, 1.82) is 0 Å². The summed E-state index contributed by atoms with van der Waals surface area (Å²) in [6.07, 6.45) is 1.80. The van der Waals surface area contributed by atoms with Gasteiger partial charge in [0.05, 0.1) is 6.61 Å². The van der Waals surface area contributed by atoms with Crippen LogP contribution in [0.2, 0.25) is 0 Å². The lowest BCUT2D eigenvalue weighted by Gasteiger charge is -2.30. The number of carbonyl (C=O) groups is 1. The second-order valence-electron chi connectivity index (χ2n) is 4.66. The van der Waals surface area contributed by atoms with Crippen molar-refractivity contribution in [2.24, 2.45) is 0 Å². The average Bonchev–Trinajstić information content (AvgIpc) is 2.41. The molecule has 0 bridgehead atoms. The zero-order valence-electron chi connectivity index (χ0n) is 11.8. The Labute approximate surface area is 123 Å². The zero-order chi connectivity index (χ0) is 14.4. The Morgan fingerprint density at radius 2 is 2.00 bits per heavy atom. The summed E-state index contributed by atoms with van der Waals surface area (Å²) in [5.41, 5.74) is 1.72. The number of aliphatic hydroxyl groups excluding tert-OH is 1. The quantitative estimate of drug-likeness (QED) is 0.870. The van der Waals surface area contributed by atoms with Gasteiger partial charge in [-0.25, -0.2) is 0 Å². The number of halogens is 1. The average molecular weight is 328 g/mol. The molecule has 0 radical (unpaired) electrons. The molecule has 0 atom stereocenters. The number of amides is 1. The van der Waals surface area contributed by atoms with Gasteiger partial charge < -0.3 is 10.0 Å². The van der Waals surface area contributed by atoms with Crippen LogP contribution in [-0.2, 0) is 0 Å². The molecule has 1 N–H and O–H groups in total. The van der Waals surface area contributed by atoms with E-state index in [1.165, 1.54) is 0 Å². The molecule has 19 heavy (non-hydrogen) atoms. The summed E-state index contributed by atoms with van der Waals surface area (Å²) in [5, 5.41) is 9.17. The number of rotatable bonds is 6. The summed E-state index contributed by atoms with van der Waals surface area (Å²) < 4.78 is 1.00. The lowest BCUT2D eigenvalue weighted by molar-refractivity contribution is 0.0622. The fraction of sp³-hybridized carbons (Fsp3) is 0.533. The van der Waals surface area contributed by atoms with Crippen molar-refractivity contribution >= 4 is 21.8 Å². The van der Waals surface area contributed by atoms with Crippen LogP contribution in [0.25, 0.3) is 0 Å². The molecule has 1 aromatic rings. The molecule has 1 amide bonds. The molecule has 0 heterocycles. The summed E-state index contributed by atoms with van der Waals surface area (Å²) in [6, 6.07) is 5.79. The Bertz CT molecular complexity index is 430. The summed E-state index contributed by atoms with van der Waals surface area (Å²) in [7, 11) is 0. The molecule has 0 aromatic heterocycles. The minimum atomic E-state index is -0.00223. The lowest BCUT2D eigenvalue weighted by Crippen LogP contribution is -2.41. The molecule has 0 aliphatic carbocycles. The van der Waals surface area contributed by atoms with Gasteiger partial charge in [-0.15, -0.1) is 0 Å². The van der Waals surface area contributed by atoms with Crippen molar-refractivity contribution in [1.82, 2.24) is 4.90 Å². The molecular weight excluding hydrogens is 306 g/mol. The molecule has 4 heteroatoms. The van der Waals surface area contributed by atoms with E-state index >= 15 is 0 Å². The molecule has 1 rings (SSSR count). The van der Waals surface area contributed by atoms with Crippen LogP contribution in [-0.4, -0.2) is 35.1 Å². The SMILES string of the molecule is CCC(CC)N(CCO)C(=O)c1ccc(Br)c(C)c1. The first-order valence-corrected chi connectivity index (χ1v) is 7.52. The van der Waals surface area contributed by atoms with Gasteiger partial charge in [0.2, 0.25) is 0 Å². The Morgan fingerprint density at radius 3 is 2.47 bits per heavy atom. The van der Waals surface area contributed by atoms with Crippen LogP contribution in [0, 0.1) is 6.92 Å². The maximum atomic E-state index is 12.6. The van der Waals surface area contributed by atoms with Crippen molar-refractivity contribution in [3.8, 4) is 0 Å². The van der Waals surface area contributed by atoms with Gasteiger partial charge in [-0.3, -0.25) is 4.79 Å². The zero-order valence-corrected chi connectivity index (χ0v) is 13.4. The van der Waals surface area contributed by atoms with E-state index in [-0.39, 0.29) is 18.6 Å². The standard InChI is InChI=1S/C15H22BrNO2/c1-4-13(5-2)17(8-9-18)15(19)12-6-7-14(16)11(3)10-12/h6-7,10,13,18H,4-5,8-9H2,1-3H3. The van der Waals surface area contributed by atoms with E-state index in [1.807, 2.05) is 25.1 Å². The van der Waals surface area contributed by atoms with Gasteiger partial charge >= 0.3 is 0 Å². The highest BCUT2D eigenvalue weighted by atomic mass is 79.9. The molecular formula is C15H22BrNO2. The predicted octanol–water partition coefficient (Wildman–Crippen LogP) is 3.38. The molecule has 106 valence electrons. The van der Waals surface area contributed by atoms with E-state index < -0.39 is 0 Å². The molecule has 0 aliphatic rings. The van der Waals surface area contributed by atoms with Gasteiger partial charge in [-0.1, -0.05) is 29.8 Å². The smallest absolute Gasteiger partial charge is 0.254 e. The minimum absolute atomic E-state index is 0.00153. The first kappa shape index (κ1) is 16.2. The van der Waals surface area contributed by atoms with Crippen LogP contribution in [0.4, 0.5) is 0 Å². The largest absolute Gasteiger partial charge is 0.395 e. The molecule has 0 spiro atoms. The maximum absolute atomic E-state index is 12.6. The maximum Gasteiger partial charge on any atom is 0.254 e. The first-order valence-electron chi connectivity index (χ1n) is 6.73. The summed E-state index contributed by atoms with van der Waals surface area (Å²) in [5.74, 6) is -0.00153. The van der Waals surface area contributed by atoms with Gasteiger partial charge in [0.1, 0.15) is 0 Å². The van der Waals surface area contributed by atoms with E-state index in [2.05, 4.69) is 29.8 Å². The van der Waals surface area contributed by atoms with Crippen LogP contribution < -0.4 is 0 Å². The second-order valence-corrected chi connectivity index (χ2v) is 5.51. The van der Waals surface area contributed by atoms with E-state index in [0.717, 1.165) is 22.9 Å². The van der Waals surface area contributed by atoms with Crippen molar-refractivity contribution in [2.45, 2.75) is 39.7 Å². The van der Waals surface area contributed by atoms with Gasteiger partial charge in [0, 0.05) is 22.6 Å². The van der Waals surface area contributed by atoms with E-state index in [0.29, 0.717) is 12.1 Å². The van der Waals surface area contributed by atoms with Gasteiger partial charge in [-0.05, 0) is 43.5 Å². The number of aliphatic hydroxyl groups is 1. The third-order valence-corrected chi connectivity index (χ3v) is 4.28. The fourth-order valence-electron chi connectivity index (χ4n) is 2.23. The molecule has 1 aromatic carbocycles. The molecule has 3 nitrogen and oxygen atoms in total. The Balaban J connectivity index is 3.01. The van der Waals surface area contributed by atoms with E-state index in [9.17, 15) is 4.79 Å². The molecule has 0 unspecified atom stereocenters. The van der Waals surface area contributed by atoms with Gasteiger partial charge in [-0.2, -0.15) is 0 Å². The highest BCUT2D eigenvalue weighted by Crippen LogP contribution is 2.20.